The average molecular weight is 470 g/mol. The molecule has 1 N–H and O–H groups in total. The molecule has 3 rings (SSSR count). The third-order valence-electron chi connectivity index (χ3n) is 3.89. The third kappa shape index (κ3) is 4.46. The molecule has 0 aliphatic rings. The third-order valence-corrected chi connectivity index (χ3v) is 5.04. The lowest BCUT2D eigenvalue weighted by molar-refractivity contribution is 0.121. The minimum Gasteiger partial charge on any atom is -0.441 e. The van der Waals surface area contributed by atoms with Gasteiger partial charge in [0.05, 0.1) is 5.02 Å². The Kier molecular flexibility index (Phi) is 6.09. The van der Waals surface area contributed by atoms with E-state index < -0.39 is 12.2 Å². The summed E-state index contributed by atoms with van der Waals surface area (Å²) in [6, 6.07) is 12.5. The summed E-state index contributed by atoms with van der Waals surface area (Å²) in [5.41, 5.74) is 2.23. The predicted molar refractivity (Wildman–Crippen MR) is 109 cm³/mol. The van der Waals surface area contributed by atoms with E-state index in [4.69, 9.17) is 32.5 Å². The number of nitrogens with one attached hydrogen (secondary N) is 1. The number of hydrogen-bond donors (Lipinski definition) is 1. The number of amides is 1. The highest BCUT2D eigenvalue weighted by Crippen LogP contribution is 2.37. The number of anilines is 1. The fourth-order valence-electron chi connectivity index (χ4n) is 2.53. The van der Waals surface area contributed by atoms with Crippen molar-refractivity contribution in [3.8, 4) is 11.3 Å². The quantitative estimate of drug-likeness (QED) is 0.445. The van der Waals surface area contributed by atoms with E-state index in [1.54, 1.807) is 38.1 Å². The molecule has 1 aromatic heterocycles. The SMILES string of the molecule is Cc1noc(-c2ccc(Br)cc2Cl)c1NC(=O)OC(C)c1ccccc1Cl. The number of rotatable bonds is 4. The number of hydrogen-bond acceptors (Lipinski definition) is 4. The Bertz CT molecular complexity index is 991. The molecule has 1 unspecified atom stereocenters. The number of aromatic nitrogens is 1. The molecule has 0 saturated heterocycles. The number of ether oxygens (including phenoxy) is 1. The van der Waals surface area contributed by atoms with E-state index >= 15 is 0 Å². The van der Waals surface area contributed by atoms with E-state index in [2.05, 4.69) is 26.4 Å². The number of carbonyl (C=O) groups excluding carboxylic acids is 1. The zero-order valence-corrected chi connectivity index (χ0v) is 17.5. The molecule has 2 aromatic carbocycles. The van der Waals surface area contributed by atoms with Gasteiger partial charge in [-0.25, -0.2) is 4.79 Å². The van der Waals surface area contributed by atoms with Crippen LogP contribution in [0.3, 0.4) is 0 Å². The molecule has 27 heavy (non-hydrogen) atoms. The molecule has 0 aliphatic carbocycles. The van der Waals surface area contributed by atoms with Gasteiger partial charge in [0.1, 0.15) is 17.5 Å². The molecule has 8 heteroatoms. The monoisotopic (exact) mass is 468 g/mol. The maximum Gasteiger partial charge on any atom is 0.412 e. The van der Waals surface area contributed by atoms with Gasteiger partial charge in [0, 0.05) is 20.6 Å². The van der Waals surface area contributed by atoms with Crippen LogP contribution in [0.1, 0.15) is 24.3 Å². The lowest BCUT2D eigenvalue weighted by atomic mass is 10.1. The molecule has 0 bridgehead atoms. The van der Waals surface area contributed by atoms with Crippen LogP contribution >= 0.6 is 39.1 Å². The largest absolute Gasteiger partial charge is 0.441 e. The predicted octanol–water partition coefficient (Wildman–Crippen LogP) is 7.03. The standard InChI is InChI=1S/C19H15BrCl2N2O3/c1-10-17(18(27-24-10)14-8-7-12(20)9-16(14)22)23-19(25)26-11(2)13-5-3-4-6-15(13)21/h3-9,11H,1-2H3,(H,23,25). The first-order chi connectivity index (χ1) is 12.9. The van der Waals surface area contributed by atoms with Crippen LogP contribution in [0, 0.1) is 6.92 Å². The summed E-state index contributed by atoms with van der Waals surface area (Å²) in [4.78, 5) is 12.4. The van der Waals surface area contributed by atoms with Crippen LogP contribution in [-0.4, -0.2) is 11.2 Å². The van der Waals surface area contributed by atoms with Gasteiger partial charge in [-0.2, -0.15) is 0 Å². The van der Waals surface area contributed by atoms with Crippen molar-refractivity contribution in [1.82, 2.24) is 5.16 Å². The van der Waals surface area contributed by atoms with Crippen LogP contribution in [0.5, 0.6) is 0 Å². The summed E-state index contributed by atoms with van der Waals surface area (Å²) in [5.74, 6) is 0.354. The van der Waals surface area contributed by atoms with Gasteiger partial charge in [0.15, 0.2) is 5.76 Å². The van der Waals surface area contributed by atoms with Gasteiger partial charge >= 0.3 is 6.09 Å². The molecular formula is C19H15BrCl2N2O3. The zero-order valence-electron chi connectivity index (χ0n) is 14.4. The Labute approximate surface area is 174 Å². The van der Waals surface area contributed by atoms with Gasteiger partial charge < -0.3 is 9.26 Å². The van der Waals surface area contributed by atoms with Gasteiger partial charge in [-0.15, -0.1) is 0 Å². The Hall–Kier alpha value is -2.02. The zero-order chi connectivity index (χ0) is 19.6. The topological polar surface area (TPSA) is 64.4 Å². The van der Waals surface area contributed by atoms with Crippen molar-refractivity contribution in [2.75, 3.05) is 5.32 Å². The molecule has 5 nitrogen and oxygen atoms in total. The van der Waals surface area contributed by atoms with Crippen molar-refractivity contribution in [2.24, 2.45) is 0 Å². The lowest BCUT2D eigenvalue weighted by Gasteiger charge is -2.15. The van der Waals surface area contributed by atoms with Crippen molar-refractivity contribution >= 4 is 50.9 Å². The Morgan fingerprint density at radius 3 is 2.67 bits per heavy atom. The molecular weight excluding hydrogens is 455 g/mol. The summed E-state index contributed by atoms with van der Waals surface area (Å²) in [6.07, 6.45) is -1.18. The highest BCUT2D eigenvalue weighted by Gasteiger charge is 2.22. The van der Waals surface area contributed by atoms with Gasteiger partial charge in [-0.3, -0.25) is 5.32 Å². The Morgan fingerprint density at radius 2 is 1.96 bits per heavy atom. The smallest absolute Gasteiger partial charge is 0.412 e. The number of halogens is 3. The van der Waals surface area contributed by atoms with Crippen molar-refractivity contribution in [2.45, 2.75) is 20.0 Å². The molecule has 0 radical (unpaired) electrons. The van der Waals surface area contributed by atoms with Gasteiger partial charge in [0.25, 0.3) is 0 Å². The van der Waals surface area contributed by atoms with Crippen molar-refractivity contribution in [3.63, 3.8) is 0 Å². The van der Waals surface area contributed by atoms with E-state index in [1.807, 2.05) is 18.2 Å². The molecule has 0 fully saturated rings. The molecule has 140 valence electrons. The highest BCUT2D eigenvalue weighted by atomic mass is 79.9. The fraction of sp³-hybridized carbons (Fsp3) is 0.158. The number of carbonyl (C=O) groups is 1. The van der Waals surface area contributed by atoms with Gasteiger partial charge in [-0.05, 0) is 38.1 Å². The van der Waals surface area contributed by atoms with Crippen LogP contribution in [0.15, 0.2) is 51.5 Å². The molecule has 0 spiro atoms. The fourth-order valence-corrected chi connectivity index (χ4v) is 3.58. The first kappa shape index (κ1) is 19.7. The van der Waals surface area contributed by atoms with E-state index in [-0.39, 0.29) is 0 Å². The number of aryl methyl sites for hydroxylation is 1. The van der Waals surface area contributed by atoms with Crippen LogP contribution in [0.2, 0.25) is 10.0 Å². The second-order valence-corrected chi connectivity index (χ2v) is 7.52. The average Bonchev–Trinajstić information content (AvgIpc) is 2.96. The van der Waals surface area contributed by atoms with E-state index in [9.17, 15) is 4.79 Å². The molecule has 3 aromatic rings. The second kappa shape index (κ2) is 8.33. The van der Waals surface area contributed by atoms with Crippen LogP contribution < -0.4 is 5.32 Å². The molecule has 0 aliphatic heterocycles. The maximum atomic E-state index is 12.4. The number of benzene rings is 2. The van der Waals surface area contributed by atoms with Crippen LogP contribution in [0.4, 0.5) is 10.5 Å². The summed E-state index contributed by atoms with van der Waals surface area (Å²) in [7, 11) is 0. The van der Waals surface area contributed by atoms with E-state index in [0.29, 0.717) is 38.3 Å². The maximum absolute atomic E-state index is 12.4. The number of nitrogens with zero attached hydrogens (tertiary/aromatic N) is 1. The van der Waals surface area contributed by atoms with Crippen LogP contribution in [0.25, 0.3) is 11.3 Å². The van der Waals surface area contributed by atoms with E-state index in [1.165, 1.54) is 0 Å². The normalized spacial score (nSPS) is 11.9. The molecule has 0 saturated carbocycles. The molecule has 1 amide bonds. The van der Waals surface area contributed by atoms with Crippen LogP contribution in [-0.2, 0) is 4.74 Å². The first-order valence-corrected chi connectivity index (χ1v) is 9.55. The molecule has 1 heterocycles. The van der Waals surface area contributed by atoms with Gasteiger partial charge in [-0.1, -0.05) is 62.5 Å². The summed E-state index contributed by atoms with van der Waals surface area (Å²) < 4.78 is 11.6. The second-order valence-electron chi connectivity index (χ2n) is 5.79. The lowest BCUT2D eigenvalue weighted by Crippen LogP contribution is -2.17. The Morgan fingerprint density at radius 1 is 1.22 bits per heavy atom. The first-order valence-electron chi connectivity index (χ1n) is 8.00. The summed E-state index contributed by atoms with van der Waals surface area (Å²) >= 11 is 15.8. The van der Waals surface area contributed by atoms with E-state index in [0.717, 1.165) is 4.47 Å². The Balaban J connectivity index is 1.81. The van der Waals surface area contributed by atoms with Gasteiger partial charge in [0.2, 0.25) is 0 Å². The minimum absolute atomic E-state index is 0.354. The van der Waals surface area contributed by atoms with Crippen molar-refractivity contribution < 1.29 is 14.1 Å². The summed E-state index contributed by atoms with van der Waals surface area (Å²) in [5, 5.41) is 7.60. The van der Waals surface area contributed by atoms with Crippen molar-refractivity contribution in [1.29, 1.82) is 0 Å². The van der Waals surface area contributed by atoms with Crippen molar-refractivity contribution in [3.05, 3.63) is 68.2 Å². The molecule has 1 atom stereocenters. The minimum atomic E-state index is -0.650. The summed E-state index contributed by atoms with van der Waals surface area (Å²) in [6.45, 7) is 3.46. The highest BCUT2D eigenvalue weighted by molar-refractivity contribution is 9.10.